The monoisotopic (exact) mass is 258 g/mol. The molecule has 2 aliphatic heterocycles. The molecule has 0 unspecified atom stereocenters. The first-order valence-electron chi connectivity index (χ1n) is 7.67. The molecule has 0 amide bonds. The summed E-state index contributed by atoms with van der Waals surface area (Å²) in [6.07, 6.45) is 4.14. The Morgan fingerprint density at radius 3 is 2.47 bits per heavy atom. The predicted molar refractivity (Wildman–Crippen MR) is 80.3 cm³/mol. The summed E-state index contributed by atoms with van der Waals surface area (Å²) < 4.78 is 0. The Balaban J connectivity index is 1.69. The first kappa shape index (κ1) is 13.1. The molecule has 0 saturated carbocycles. The Bertz CT molecular complexity index is 426. The second-order valence-electron chi connectivity index (χ2n) is 6.58. The van der Waals surface area contributed by atoms with Gasteiger partial charge in [0.05, 0.1) is 0 Å². The third kappa shape index (κ3) is 2.70. The van der Waals surface area contributed by atoms with Crippen LogP contribution in [-0.4, -0.2) is 31.1 Å². The number of benzene rings is 1. The summed E-state index contributed by atoms with van der Waals surface area (Å²) in [5.74, 6) is 0. The zero-order valence-electron chi connectivity index (χ0n) is 12.3. The normalized spacial score (nSPS) is 23.1. The summed E-state index contributed by atoms with van der Waals surface area (Å²) in [5, 5.41) is 3.50. The van der Waals surface area contributed by atoms with Gasteiger partial charge in [-0.25, -0.2) is 0 Å². The number of hydrogen-bond acceptors (Lipinski definition) is 2. The van der Waals surface area contributed by atoms with Gasteiger partial charge >= 0.3 is 0 Å². The van der Waals surface area contributed by atoms with E-state index < -0.39 is 0 Å². The molecule has 104 valence electrons. The third-order valence-corrected chi connectivity index (χ3v) is 5.21. The van der Waals surface area contributed by atoms with Crippen LogP contribution >= 0.6 is 0 Å². The van der Waals surface area contributed by atoms with Crippen molar-refractivity contribution >= 4 is 0 Å². The first-order chi connectivity index (χ1) is 9.19. The number of rotatable bonds is 2. The van der Waals surface area contributed by atoms with Crippen LogP contribution in [0.25, 0.3) is 0 Å². The lowest BCUT2D eigenvalue weighted by atomic mass is 9.78. The summed E-state index contributed by atoms with van der Waals surface area (Å²) in [6.45, 7) is 10.7. The van der Waals surface area contributed by atoms with Gasteiger partial charge in [0.1, 0.15) is 0 Å². The SMILES string of the molecule is Cc1cccc(C)c1CN1CCC2(CCNCC2)C1. The molecule has 3 rings (SSSR count). The van der Waals surface area contributed by atoms with Crippen molar-refractivity contribution in [1.29, 1.82) is 0 Å². The fourth-order valence-corrected chi connectivity index (χ4v) is 3.85. The zero-order chi connectivity index (χ0) is 13.3. The van der Waals surface area contributed by atoms with Crippen molar-refractivity contribution in [3.63, 3.8) is 0 Å². The van der Waals surface area contributed by atoms with E-state index in [0.717, 1.165) is 6.54 Å². The van der Waals surface area contributed by atoms with Gasteiger partial charge in [0.2, 0.25) is 0 Å². The van der Waals surface area contributed by atoms with Crippen molar-refractivity contribution in [1.82, 2.24) is 10.2 Å². The number of aryl methyl sites for hydroxylation is 2. The van der Waals surface area contributed by atoms with E-state index in [0.29, 0.717) is 5.41 Å². The third-order valence-electron chi connectivity index (χ3n) is 5.21. The minimum Gasteiger partial charge on any atom is -0.317 e. The lowest BCUT2D eigenvalue weighted by molar-refractivity contribution is 0.193. The van der Waals surface area contributed by atoms with Crippen molar-refractivity contribution in [2.45, 2.75) is 39.7 Å². The van der Waals surface area contributed by atoms with Gasteiger partial charge in [-0.2, -0.15) is 0 Å². The molecule has 2 nitrogen and oxygen atoms in total. The standard InChI is InChI=1S/C17H26N2/c1-14-4-3-5-15(2)16(14)12-19-11-8-17(13-19)6-9-18-10-7-17/h3-5,18H,6-13H2,1-2H3. The minimum atomic E-state index is 0.627. The first-order valence-corrected chi connectivity index (χ1v) is 7.67. The molecular formula is C17H26N2. The summed E-state index contributed by atoms with van der Waals surface area (Å²) in [5.41, 5.74) is 5.08. The van der Waals surface area contributed by atoms with E-state index in [1.807, 2.05) is 0 Å². The van der Waals surface area contributed by atoms with Crippen LogP contribution < -0.4 is 5.32 Å². The summed E-state index contributed by atoms with van der Waals surface area (Å²) >= 11 is 0. The molecule has 1 N–H and O–H groups in total. The van der Waals surface area contributed by atoms with Gasteiger partial charge in [0.15, 0.2) is 0 Å². The fraction of sp³-hybridized carbons (Fsp3) is 0.647. The second kappa shape index (κ2) is 5.26. The largest absolute Gasteiger partial charge is 0.317 e. The van der Waals surface area contributed by atoms with Gasteiger partial charge in [0.25, 0.3) is 0 Å². The van der Waals surface area contributed by atoms with Crippen molar-refractivity contribution < 1.29 is 0 Å². The number of nitrogens with zero attached hydrogens (tertiary/aromatic N) is 1. The van der Waals surface area contributed by atoms with Gasteiger partial charge < -0.3 is 5.32 Å². The Morgan fingerprint density at radius 2 is 1.79 bits per heavy atom. The molecule has 2 saturated heterocycles. The van der Waals surface area contributed by atoms with Gasteiger partial charge in [0, 0.05) is 13.1 Å². The maximum Gasteiger partial charge on any atom is 0.0239 e. The van der Waals surface area contributed by atoms with Crippen molar-refractivity contribution in [3.05, 3.63) is 34.9 Å². The molecule has 0 atom stereocenters. The maximum atomic E-state index is 3.50. The predicted octanol–water partition coefficient (Wildman–Crippen LogP) is 2.88. The number of nitrogens with one attached hydrogen (secondary N) is 1. The van der Waals surface area contributed by atoms with Gasteiger partial charge in [-0.05, 0) is 74.8 Å². The van der Waals surface area contributed by atoms with Crippen LogP contribution in [0, 0.1) is 19.3 Å². The Hall–Kier alpha value is -0.860. The van der Waals surface area contributed by atoms with Crippen molar-refractivity contribution in [2.24, 2.45) is 5.41 Å². The van der Waals surface area contributed by atoms with Crippen LogP contribution in [-0.2, 0) is 6.54 Å². The smallest absolute Gasteiger partial charge is 0.0239 e. The highest BCUT2D eigenvalue weighted by atomic mass is 15.2. The van der Waals surface area contributed by atoms with E-state index in [-0.39, 0.29) is 0 Å². The fourth-order valence-electron chi connectivity index (χ4n) is 3.85. The van der Waals surface area contributed by atoms with E-state index in [2.05, 4.69) is 42.3 Å². The van der Waals surface area contributed by atoms with Crippen LogP contribution in [0.2, 0.25) is 0 Å². The number of piperidine rings is 1. The van der Waals surface area contributed by atoms with E-state index in [9.17, 15) is 0 Å². The van der Waals surface area contributed by atoms with Crippen LogP contribution in [0.1, 0.15) is 36.0 Å². The molecule has 19 heavy (non-hydrogen) atoms. The van der Waals surface area contributed by atoms with Crippen molar-refractivity contribution in [3.8, 4) is 0 Å². The Morgan fingerprint density at radius 1 is 1.11 bits per heavy atom. The lowest BCUT2D eigenvalue weighted by Gasteiger charge is -2.34. The molecule has 2 fully saturated rings. The van der Waals surface area contributed by atoms with E-state index >= 15 is 0 Å². The maximum absolute atomic E-state index is 3.50. The molecule has 2 heteroatoms. The Labute approximate surface area is 117 Å². The van der Waals surface area contributed by atoms with Crippen LogP contribution in [0.4, 0.5) is 0 Å². The molecular weight excluding hydrogens is 232 g/mol. The molecule has 1 aromatic carbocycles. The van der Waals surface area contributed by atoms with Gasteiger partial charge in [-0.1, -0.05) is 18.2 Å². The number of likely N-dealkylation sites (tertiary alicyclic amines) is 1. The summed E-state index contributed by atoms with van der Waals surface area (Å²) in [4.78, 5) is 2.68. The van der Waals surface area contributed by atoms with Crippen molar-refractivity contribution in [2.75, 3.05) is 26.2 Å². The molecule has 2 heterocycles. The summed E-state index contributed by atoms with van der Waals surface area (Å²) in [7, 11) is 0. The Kier molecular flexibility index (Phi) is 3.64. The molecule has 0 bridgehead atoms. The van der Waals surface area contributed by atoms with E-state index in [1.165, 1.54) is 56.6 Å². The molecule has 0 radical (unpaired) electrons. The highest BCUT2D eigenvalue weighted by Crippen LogP contribution is 2.39. The molecule has 0 aliphatic carbocycles. The molecule has 1 aromatic rings. The second-order valence-corrected chi connectivity index (χ2v) is 6.58. The summed E-state index contributed by atoms with van der Waals surface area (Å²) in [6, 6.07) is 6.67. The average Bonchev–Trinajstić information content (AvgIpc) is 2.78. The molecule has 1 spiro atoms. The van der Waals surface area contributed by atoms with Crippen LogP contribution in [0.3, 0.4) is 0 Å². The van der Waals surface area contributed by atoms with E-state index in [1.54, 1.807) is 5.56 Å². The quantitative estimate of drug-likeness (QED) is 0.877. The topological polar surface area (TPSA) is 15.3 Å². The average molecular weight is 258 g/mol. The highest BCUT2D eigenvalue weighted by molar-refractivity contribution is 5.33. The minimum absolute atomic E-state index is 0.627. The van der Waals surface area contributed by atoms with Gasteiger partial charge in [-0.3, -0.25) is 4.90 Å². The van der Waals surface area contributed by atoms with Crippen LogP contribution in [0.5, 0.6) is 0 Å². The zero-order valence-corrected chi connectivity index (χ0v) is 12.3. The lowest BCUT2D eigenvalue weighted by Crippen LogP contribution is -2.38. The van der Waals surface area contributed by atoms with Crippen LogP contribution in [0.15, 0.2) is 18.2 Å². The highest BCUT2D eigenvalue weighted by Gasteiger charge is 2.38. The van der Waals surface area contributed by atoms with Gasteiger partial charge in [-0.15, -0.1) is 0 Å². The molecule has 0 aromatic heterocycles. The molecule has 2 aliphatic rings. The number of hydrogen-bond donors (Lipinski definition) is 1. The van der Waals surface area contributed by atoms with E-state index in [4.69, 9.17) is 0 Å².